The summed E-state index contributed by atoms with van der Waals surface area (Å²) in [6.45, 7) is 6.22. The van der Waals surface area contributed by atoms with Crippen molar-refractivity contribution in [3.05, 3.63) is 35.2 Å². The maximum atomic E-state index is 6.02. The summed E-state index contributed by atoms with van der Waals surface area (Å²) in [5, 5.41) is 4.92. The standard InChI is InChI=1S/C15H19NOS/c1-10(2)12-9-17-13(8-16-12)15-7-11-5-3-4-6-14(11)18-15/h3-7,10,12-13,16H,8-9H2,1-2H3. The Labute approximate surface area is 112 Å². The van der Waals surface area contributed by atoms with Crippen molar-refractivity contribution in [2.24, 2.45) is 5.92 Å². The predicted molar refractivity (Wildman–Crippen MR) is 77.1 cm³/mol. The number of nitrogens with one attached hydrogen (secondary N) is 1. The molecule has 18 heavy (non-hydrogen) atoms. The molecule has 1 aliphatic rings. The van der Waals surface area contributed by atoms with Gasteiger partial charge in [-0.05, 0) is 23.4 Å². The van der Waals surface area contributed by atoms with E-state index in [0.29, 0.717) is 12.0 Å². The van der Waals surface area contributed by atoms with E-state index in [4.69, 9.17) is 4.74 Å². The van der Waals surface area contributed by atoms with Gasteiger partial charge in [-0.15, -0.1) is 11.3 Å². The summed E-state index contributed by atoms with van der Waals surface area (Å²) in [5.74, 6) is 0.633. The number of morpholine rings is 1. The fourth-order valence-corrected chi connectivity index (χ4v) is 3.48. The monoisotopic (exact) mass is 261 g/mol. The summed E-state index contributed by atoms with van der Waals surface area (Å²) >= 11 is 1.85. The molecule has 2 atom stereocenters. The lowest BCUT2D eigenvalue weighted by molar-refractivity contribution is -0.00517. The molecule has 0 bridgehead atoms. The van der Waals surface area contributed by atoms with Gasteiger partial charge in [0.25, 0.3) is 0 Å². The van der Waals surface area contributed by atoms with Gasteiger partial charge in [-0.3, -0.25) is 0 Å². The van der Waals surface area contributed by atoms with Crippen LogP contribution in [0.2, 0.25) is 0 Å². The number of rotatable bonds is 2. The predicted octanol–water partition coefficient (Wildman–Crippen LogP) is 3.59. The molecule has 1 saturated heterocycles. The number of thiophene rings is 1. The van der Waals surface area contributed by atoms with Gasteiger partial charge in [0, 0.05) is 22.2 Å². The Hall–Kier alpha value is -0.900. The number of fused-ring (bicyclic) bond motifs is 1. The number of ether oxygens (including phenoxy) is 1. The van der Waals surface area contributed by atoms with Crippen molar-refractivity contribution in [3.63, 3.8) is 0 Å². The van der Waals surface area contributed by atoms with Crippen molar-refractivity contribution in [1.29, 1.82) is 0 Å². The second-order valence-corrected chi connectivity index (χ2v) is 6.38. The van der Waals surface area contributed by atoms with Gasteiger partial charge in [0.05, 0.1) is 6.61 Å². The lowest BCUT2D eigenvalue weighted by Gasteiger charge is -2.32. The zero-order chi connectivity index (χ0) is 12.5. The molecule has 96 valence electrons. The summed E-state index contributed by atoms with van der Waals surface area (Å²) in [4.78, 5) is 1.34. The number of benzene rings is 1. The molecular weight excluding hydrogens is 242 g/mol. The van der Waals surface area contributed by atoms with E-state index >= 15 is 0 Å². The van der Waals surface area contributed by atoms with E-state index in [0.717, 1.165) is 13.2 Å². The van der Waals surface area contributed by atoms with Crippen molar-refractivity contribution < 1.29 is 4.74 Å². The van der Waals surface area contributed by atoms with Crippen LogP contribution in [-0.4, -0.2) is 19.2 Å². The van der Waals surface area contributed by atoms with Crippen LogP contribution in [0.15, 0.2) is 30.3 Å². The second kappa shape index (κ2) is 5.00. The van der Waals surface area contributed by atoms with Gasteiger partial charge in [-0.1, -0.05) is 32.0 Å². The fraction of sp³-hybridized carbons (Fsp3) is 0.467. The highest BCUT2D eigenvalue weighted by molar-refractivity contribution is 7.19. The van der Waals surface area contributed by atoms with Crippen molar-refractivity contribution in [3.8, 4) is 0 Å². The van der Waals surface area contributed by atoms with Crippen LogP contribution in [0.4, 0.5) is 0 Å². The molecule has 0 saturated carbocycles. The highest BCUT2D eigenvalue weighted by Gasteiger charge is 2.25. The molecule has 3 heteroatoms. The van der Waals surface area contributed by atoms with E-state index in [2.05, 4.69) is 49.5 Å². The van der Waals surface area contributed by atoms with Crippen molar-refractivity contribution in [2.75, 3.05) is 13.2 Å². The summed E-state index contributed by atoms with van der Waals surface area (Å²) in [6, 6.07) is 11.3. The molecule has 2 unspecified atom stereocenters. The molecular formula is C15H19NOS. The van der Waals surface area contributed by atoms with Gasteiger partial charge in [0.15, 0.2) is 0 Å². The lowest BCUT2D eigenvalue weighted by atomic mass is 10.0. The van der Waals surface area contributed by atoms with Crippen molar-refractivity contribution >= 4 is 21.4 Å². The average Bonchev–Trinajstić information content (AvgIpc) is 2.82. The normalized spacial score (nSPS) is 24.8. The van der Waals surface area contributed by atoms with E-state index < -0.39 is 0 Å². The van der Waals surface area contributed by atoms with Crippen LogP contribution in [0.25, 0.3) is 10.1 Å². The van der Waals surface area contributed by atoms with Crippen LogP contribution in [0.5, 0.6) is 0 Å². The number of hydrogen-bond acceptors (Lipinski definition) is 3. The molecule has 2 aromatic rings. The van der Waals surface area contributed by atoms with Gasteiger partial charge in [0.2, 0.25) is 0 Å². The Morgan fingerprint density at radius 3 is 2.83 bits per heavy atom. The molecule has 0 spiro atoms. The van der Waals surface area contributed by atoms with E-state index in [9.17, 15) is 0 Å². The second-order valence-electron chi connectivity index (χ2n) is 5.27. The topological polar surface area (TPSA) is 21.3 Å². The minimum Gasteiger partial charge on any atom is -0.370 e. The third kappa shape index (κ3) is 2.30. The average molecular weight is 261 g/mol. The maximum absolute atomic E-state index is 6.02. The van der Waals surface area contributed by atoms with Gasteiger partial charge in [-0.2, -0.15) is 0 Å². The Balaban J connectivity index is 1.76. The van der Waals surface area contributed by atoms with Gasteiger partial charge in [-0.25, -0.2) is 0 Å². The fourth-order valence-electron chi connectivity index (χ4n) is 2.37. The minimum absolute atomic E-state index is 0.220. The molecule has 3 rings (SSSR count). The Kier molecular flexibility index (Phi) is 3.37. The molecule has 2 heterocycles. The van der Waals surface area contributed by atoms with E-state index in [1.807, 2.05) is 11.3 Å². The summed E-state index contributed by atoms with van der Waals surface area (Å²) in [6.07, 6.45) is 0.220. The minimum atomic E-state index is 0.220. The van der Waals surface area contributed by atoms with Crippen LogP contribution >= 0.6 is 11.3 Å². The maximum Gasteiger partial charge on any atom is 0.104 e. The SMILES string of the molecule is CC(C)C1COC(c2cc3ccccc3s2)CN1. The molecule has 0 radical (unpaired) electrons. The van der Waals surface area contributed by atoms with Gasteiger partial charge in [0.1, 0.15) is 6.10 Å². The van der Waals surface area contributed by atoms with Crippen LogP contribution in [-0.2, 0) is 4.74 Å². The smallest absolute Gasteiger partial charge is 0.104 e. The summed E-state index contributed by atoms with van der Waals surface area (Å²) in [5.41, 5.74) is 0. The third-order valence-electron chi connectivity index (χ3n) is 3.61. The third-order valence-corrected chi connectivity index (χ3v) is 4.82. The lowest BCUT2D eigenvalue weighted by Crippen LogP contribution is -2.45. The highest BCUT2D eigenvalue weighted by atomic mass is 32.1. The van der Waals surface area contributed by atoms with Crippen molar-refractivity contribution in [2.45, 2.75) is 26.0 Å². The van der Waals surface area contributed by atoms with Gasteiger partial charge >= 0.3 is 0 Å². The van der Waals surface area contributed by atoms with E-state index in [1.54, 1.807) is 0 Å². The quantitative estimate of drug-likeness (QED) is 0.892. The van der Waals surface area contributed by atoms with Crippen LogP contribution in [0.3, 0.4) is 0 Å². The Bertz CT molecular complexity index is 493. The Morgan fingerprint density at radius 1 is 1.33 bits per heavy atom. The zero-order valence-corrected chi connectivity index (χ0v) is 11.7. The zero-order valence-electron chi connectivity index (χ0n) is 10.8. The van der Waals surface area contributed by atoms with Crippen molar-refractivity contribution in [1.82, 2.24) is 5.32 Å². The first-order chi connectivity index (χ1) is 8.74. The van der Waals surface area contributed by atoms with Gasteiger partial charge < -0.3 is 10.1 Å². The molecule has 0 amide bonds. The van der Waals surface area contributed by atoms with E-state index in [-0.39, 0.29) is 6.10 Å². The molecule has 1 aromatic heterocycles. The highest BCUT2D eigenvalue weighted by Crippen LogP contribution is 2.32. The Morgan fingerprint density at radius 2 is 2.17 bits per heavy atom. The molecule has 2 nitrogen and oxygen atoms in total. The largest absolute Gasteiger partial charge is 0.370 e. The molecule has 1 aromatic carbocycles. The molecule has 1 aliphatic heterocycles. The first-order valence-electron chi connectivity index (χ1n) is 6.57. The number of hydrogen-bond donors (Lipinski definition) is 1. The first-order valence-corrected chi connectivity index (χ1v) is 7.39. The molecule has 1 fully saturated rings. The van der Waals surface area contributed by atoms with E-state index in [1.165, 1.54) is 15.0 Å². The molecule has 1 N–H and O–H groups in total. The summed E-state index contributed by atoms with van der Waals surface area (Å²) < 4.78 is 7.36. The van der Waals surface area contributed by atoms with Crippen LogP contribution in [0.1, 0.15) is 24.8 Å². The summed E-state index contributed by atoms with van der Waals surface area (Å²) in [7, 11) is 0. The first kappa shape index (κ1) is 12.2. The molecule has 0 aliphatic carbocycles. The van der Waals surface area contributed by atoms with Crippen LogP contribution < -0.4 is 5.32 Å². The van der Waals surface area contributed by atoms with Crippen LogP contribution in [0, 0.1) is 5.92 Å².